The predicted molar refractivity (Wildman–Crippen MR) is 77.3 cm³/mol. The first-order valence-corrected chi connectivity index (χ1v) is 6.68. The monoisotopic (exact) mass is 257 g/mol. The van der Waals surface area contributed by atoms with Crippen LogP contribution in [0, 0.1) is 0 Å². The number of benzene rings is 1. The second kappa shape index (κ2) is 4.38. The van der Waals surface area contributed by atoms with Gasteiger partial charge in [0.1, 0.15) is 6.04 Å². The average Bonchev–Trinajstić information content (AvgIpc) is 3.23. The van der Waals surface area contributed by atoms with Gasteiger partial charge in [0.25, 0.3) is 0 Å². The van der Waals surface area contributed by atoms with Crippen molar-refractivity contribution in [2.75, 3.05) is 23.4 Å². The highest BCUT2D eigenvalue weighted by Crippen LogP contribution is 2.39. The average molecular weight is 257 g/mol. The summed E-state index contributed by atoms with van der Waals surface area (Å²) < 4.78 is 0. The van der Waals surface area contributed by atoms with Crippen molar-refractivity contribution in [1.29, 1.82) is 0 Å². The summed E-state index contributed by atoms with van der Waals surface area (Å²) in [4.78, 5) is 15.9. The fourth-order valence-corrected chi connectivity index (χ4v) is 2.72. The van der Waals surface area contributed by atoms with Crippen LogP contribution < -0.4 is 15.5 Å². The molecular formula is C15H19N3O. The number of amides is 1. The van der Waals surface area contributed by atoms with E-state index in [9.17, 15) is 4.79 Å². The highest BCUT2D eigenvalue weighted by Gasteiger charge is 2.34. The molecule has 1 heterocycles. The van der Waals surface area contributed by atoms with Gasteiger partial charge in [0.15, 0.2) is 0 Å². The van der Waals surface area contributed by atoms with E-state index in [1.165, 1.54) is 12.8 Å². The van der Waals surface area contributed by atoms with Crippen molar-refractivity contribution in [3.63, 3.8) is 0 Å². The maximum absolute atomic E-state index is 11.9. The molecule has 1 saturated carbocycles. The van der Waals surface area contributed by atoms with Crippen molar-refractivity contribution in [3.8, 4) is 0 Å². The Bertz CT molecular complexity index is 536. The Morgan fingerprint density at radius 3 is 2.89 bits per heavy atom. The van der Waals surface area contributed by atoms with Crippen LogP contribution in [0.15, 0.2) is 30.9 Å². The highest BCUT2D eigenvalue weighted by molar-refractivity contribution is 6.04. The maximum Gasteiger partial charge on any atom is 0.248 e. The van der Waals surface area contributed by atoms with Gasteiger partial charge in [-0.3, -0.25) is 4.79 Å². The Morgan fingerprint density at radius 2 is 2.26 bits per heavy atom. The van der Waals surface area contributed by atoms with Crippen LogP contribution in [0.2, 0.25) is 0 Å². The molecule has 1 atom stereocenters. The third-order valence-electron chi connectivity index (χ3n) is 3.95. The topological polar surface area (TPSA) is 49.6 Å². The Balaban J connectivity index is 1.97. The first-order valence-electron chi connectivity index (χ1n) is 6.68. The Hall–Kier alpha value is -1.81. The van der Waals surface area contributed by atoms with Crippen LogP contribution in [0.25, 0.3) is 0 Å². The maximum atomic E-state index is 11.9. The predicted octanol–water partition coefficient (Wildman–Crippen LogP) is 1.82. The lowest BCUT2D eigenvalue weighted by Crippen LogP contribution is -2.28. The van der Waals surface area contributed by atoms with Crippen molar-refractivity contribution < 1.29 is 4.79 Å². The molecule has 3 rings (SSSR count). The van der Waals surface area contributed by atoms with E-state index in [4.69, 9.17) is 5.73 Å². The van der Waals surface area contributed by atoms with Gasteiger partial charge >= 0.3 is 0 Å². The number of nitrogens with zero attached hydrogens (tertiary/aromatic N) is 2. The van der Waals surface area contributed by atoms with Crippen molar-refractivity contribution in [2.24, 2.45) is 5.73 Å². The first-order chi connectivity index (χ1) is 9.13. The summed E-state index contributed by atoms with van der Waals surface area (Å²) in [6, 6.07) is 6.22. The molecule has 1 aliphatic carbocycles. The number of rotatable bonds is 4. The summed E-state index contributed by atoms with van der Waals surface area (Å²) >= 11 is 0. The van der Waals surface area contributed by atoms with E-state index in [0.29, 0.717) is 6.04 Å². The third kappa shape index (κ3) is 1.92. The van der Waals surface area contributed by atoms with Crippen LogP contribution in [0.5, 0.6) is 0 Å². The molecule has 1 unspecified atom stereocenters. The lowest BCUT2D eigenvalue weighted by atomic mass is 10.1. The van der Waals surface area contributed by atoms with Crippen LogP contribution in [0.3, 0.4) is 0 Å². The molecule has 1 fully saturated rings. The van der Waals surface area contributed by atoms with E-state index in [0.717, 1.165) is 23.5 Å². The second-order valence-corrected chi connectivity index (χ2v) is 5.29. The zero-order valence-corrected chi connectivity index (χ0v) is 11.2. The summed E-state index contributed by atoms with van der Waals surface area (Å²) in [5.74, 6) is -0.0335. The normalized spacial score (nSPS) is 21.5. The summed E-state index contributed by atoms with van der Waals surface area (Å²) in [5, 5.41) is 0. The SMILES string of the molecule is C=CCN(c1ccc2c(c1)N(C)C(=O)C2N)C1CC1. The molecule has 0 bridgehead atoms. The molecule has 0 spiro atoms. The van der Waals surface area contributed by atoms with Gasteiger partial charge in [0.2, 0.25) is 5.91 Å². The van der Waals surface area contributed by atoms with Crippen molar-refractivity contribution in [3.05, 3.63) is 36.4 Å². The summed E-state index contributed by atoms with van der Waals surface area (Å²) in [6.07, 6.45) is 4.39. The zero-order valence-electron chi connectivity index (χ0n) is 11.2. The van der Waals surface area contributed by atoms with Gasteiger partial charge in [-0.05, 0) is 25.0 Å². The minimum Gasteiger partial charge on any atom is -0.365 e. The third-order valence-corrected chi connectivity index (χ3v) is 3.95. The zero-order chi connectivity index (χ0) is 13.6. The van der Waals surface area contributed by atoms with E-state index in [1.807, 2.05) is 12.1 Å². The first kappa shape index (κ1) is 12.2. The molecule has 1 aromatic rings. The van der Waals surface area contributed by atoms with E-state index >= 15 is 0 Å². The lowest BCUT2D eigenvalue weighted by molar-refractivity contribution is -0.118. The van der Waals surface area contributed by atoms with Gasteiger partial charge in [0, 0.05) is 30.9 Å². The molecule has 2 N–H and O–H groups in total. The molecule has 4 nitrogen and oxygen atoms in total. The fourth-order valence-electron chi connectivity index (χ4n) is 2.72. The van der Waals surface area contributed by atoms with Crippen LogP contribution in [-0.4, -0.2) is 25.5 Å². The van der Waals surface area contributed by atoms with Crippen molar-refractivity contribution >= 4 is 17.3 Å². The van der Waals surface area contributed by atoms with E-state index in [1.54, 1.807) is 11.9 Å². The van der Waals surface area contributed by atoms with E-state index in [2.05, 4.69) is 23.6 Å². The lowest BCUT2D eigenvalue weighted by Gasteiger charge is -2.24. The van der Waals surface area contributed by atoms with Gasteiger partial charge < -0.3 is 15.5 Å². The number of hydrogen-bond acceptors (Lipinski definition) is 3. The van der Waals surface area contributed by atoms with Gasteiger partial charge in [-0.2, -0.15) is 0 Å². The van der Waals surface area contributed by atoms with Crippen LogP contribution in [-0.2, 0) is 4.79 Å². The van der Waals surface area contributed by atoms with Gasteiger partial charge in [-0.15, -0.1) is 6.58 Å². The molecule has 0 aromatic heterocycles. The molecule has 1 aromatic carbocycles. The Kier molecular flexibility index (Phi) is 2.82. The smallest absolute Gasteiger partial charge is 0.248 e. The molecule has 19 heavy (non-hydrogen) atoms. The van der Waals surface area contributed by atoms with Crippen LogP contribution in [0.1, 0.15) is 24.4 Å². The summed E-state index contributed by atoms with van der Waals surface area (Å²) in [7, 11) is 1.78. The molecule has 2 aliphatic rings. The largest absolute Gasteiger partial charge is 0.365 e. The number of carbonyl (C=O) groups excluding carboxylic acids is 1. The number of fused-ring (bicyclic) bond motifs is 1. The standard InChI is InChI=1S/C15H19N3O/c1-3-8-18(10-4-5-10)11-6-7-12-13(9-11)17(2)15(19)14(12)16/h3,6-7,9-10,14H,1,4-5,8,16H2,2H3. The van der Waals surface area contributed by atoms with Crippen molar-refractivity contribution in [2.45, 2.75) is 24.9 Å². The number of nitrogens with two attached hydrogens (primary N) is 1. The molecular weight excluding hydrogens is 238 g/mol. The molecule has 4 heteroatoms. The Labute approximate surface area is 113 Å². The molecule has 1 amide bonds. The van der Waals surface area contributed by atoms with Crippen molar-refractivity contribution in [1.82, 2.24) is 0 Å². The van der Waals surface area contributed by atoms with Gasteiger partial charge in [-0.25, -0.2) is 0 Å². The minimum absolute atomic E-state index is 0.0335. The summed E-state index contributed by atoms with van der Waals surface area (Å²) in [5.41, 5.74) is 8.92. The Morgan fingerprint density at radius 1 is 1.53 bits per heavy atom. The quantitative estimate of drug-likeness (QED) is 0.837. The summed E-state index contributed by atoms with van der Waals surface area (Å²) in [6.45, 7) is 4.66. The second-order valence-electron chi connectivity index (χ2n) is 5.29. The van der Waals surface area contributed by atoms with Gasteiger partial charge in [-0.1, -0.05) is 12.1 Å². The molecule has 1 aliphatic heterocycles. The van der Waals surface area contributed by atoms with E-state index < -0.39 is 6.04 Å². The van der Waals surface area contributed by atoms with Crippen LogP contribution in [0.4, 0.5) is 11.4 Å². The van der Waals surface area contributed by atoms with Crippen LogP contribution >= 0.6 is 0 Å². The molecule has 100 valence electrons. The van der Waals surface area contributed by atoms with Gasteiger partial charge in [0.05, 0.1) is 5.69 Å². The highest BCUT2D eigenvalue weighted by atomic mass is 16.2. The number of hydrogen-bond donors (Lipinski definition) is 1. The number of anilines is 2. The molecule has 0 radical (unpaired) electrons. The number of likely N-dealkylation sites (N-methyl/N-ethyl adjacent to an activating group) is 1. The fraction of sp³-hybridized carbons (Fsp3) is 0.400. The molecule has 0 saturated heterocycles. The number of carbonyl (C=O) groups is 1. The minimum atomic E-state index is -0.511. The van der Waals surface area contributed by atoms with E-state index in [-0.39, 0.29) is 5.91 Å².